The smallest absolute Gasteiger partial charge is 0.315 e. The number of nitro groups is 1. The summed E-state index contributed by atoms with van der Waals surface area (Å²) in [5, 5.41) is 11.1. The van der Waals surface area contributed by atoms with Gasteiger partial charge in [-0.05, 0) is 38.3 Å². The average molecular weight is 235 g/mol. The molecule has 1 fully saturated rings. The van der Waals surface area contributed by atoms with Crippen LogP contribution in [0.2, 0.25) is 0 Å². The third-order valence-corrected chi connectivity index (χ3v) is 3.34. The Morgan fingerprint density at radius 1 is 1.47 bits per heavy atom. The molecular weight excluding hydrogens is 218 g/mol. The van der Waals surface area contributed by atoms with Crippen LogP contribution in [0.3, 0.4) is 0 Å². The number of rotatable bonds is 2. The summed E-state index contributed by atoms with van der Waals surface area (Å²) in [5.41, 5.74) is 6.64. The Morgan fingerprint density at radius 3 is 2.88 bits per heavy atom. The van der Waals surface area contributed by atoms with Crippen LogP contribution in [-0.2, 0) is 0 Å². The number of nitrogens with two attached hydrogens (primary N) is 1. The Bertz CT molecular complexity index is 434. The van der Waals surface area contributed by atoms with Crippen LogP contribution in [0.5, 0.6) is 0 Å². The number of hydrogen-bond acceptors (Lipinski definition) is 4. The number of nitrogen functional groups attached to an aromatic ring is 1. The summed E-state index contributed by atoms with van der Waals surface area (Å²) in [6.07, 6.45) is 3.34. The zero-order chi connectivity index (χ0) is 12.4. The quantitative estimate of drug-likeness (QED) is 0.485. The molecular formula is C12H17N3O2. The molecule has 0 amide bonds. The van der Waals surface area contributed by atoms with Gasteiger partial charge in [-0.3, -0.25) is 10.1 Å². The van der Waals surface area contributed by atoms with Gasteiger partial charge in [-0.25, -0.2) is 0 Å². The van der Waals surface area contributed by atoms with Gasteiger partial charge < -0.3 is 10.6 Å². The van der Waals surface area contributed by atoms with Crippen LogP contribution in [0.1, 0.15) is 26.2 Å². The van der Waals surface area contributed by atoms with E-state index in [0.717, 1.165) is 19.4 Å². The van der Waals surface area contributed by atoms with Crippen molar-refractivity contribution in [1.82, 2.24) is 0 Å². The molecule has 1 heterocycles. The predicted molar refractivity (Wildman–Crippen MR) is 68.2 cm³/mol. The molecule has 2 N–H and O–H groups in total. The van der Waals surface area contributed by atoms with Crippen molar-refractivity contribution in [3.8, 4) is 0 Å². The van der Waals surface area contributed by atoms with Crippen LogP contribution in [0.25, 0.3) is 0 Å². The summed E-state index contributed by atoms with van der Waals surface area (Å²) >= 11 is 0. The van der Waals surface area contributed by atoms with Crippen molar-refractivity contribution < 1.29 is 4.92 Å². The molecule has 1 saturated heterocycles. The Hall–Kier alpha value is -1.78. The van der Waals surface area contributed by atoms with Crippen LogP contribution in [-0.4, -0.2) is 17.5 Å². The summed E-state index contributed by atoms with van der Waals surface area (Å²) in [7, 11) is 0. The Morgan fingerprint density at radius 2 is 2.24 bits per heavy atom. The lowest BCUT2D eigenvalue weighted by Crippen LogP contribution is -2.37. The molecule has 0 aromatic heterocycles. The summed E-state index contributed by atoms with van der Waals surface area (Å²) in [6.45, 7) is 2.97. The van der Waals surface area contributed by atoms with E-state index in [1.165, 1.54) is 6.42 Å². The van der Waals surface area contributed by atoms with Crippen LogP contribution in [0.4, 0.5) is 17.1 Å². The Balaban J connectivity index is 2.43. The van der Waals surface area contributed by atoms with Gasteiger partial charge >= 0.3 is 5.69 Å². The highest BCUT2D eigenvalue weighted by Gasteiger charge is 2.27. The number of nitro benzene ring substituents is 1. The highest BCUT2D eigenvalue weighted by Crippen LogP contribution is 2.36. The lowest BCUT2D eigenvalue weighted by molar-refractivity contribution is -0.383. The first kappa shape index (κ1) is 11.7. The van der Waals surface area contributed by atoms with Crippen molar-refractivity contribution >= 4 is 17.1 Å². The molecule has 0 bridgehead atoms. The van der Waals surface area contributed by atoms with Gasteiger partial charge in [0.05, 0.1) is 4.92 Å². The molecule has 92 valence electrons. The van der Waals surface area contributed by atoms with Crippen molar-refractivity contribution in [1.29, 1.82) is 0 Å². The van der Waals surface area contributed by atoms with Gasteiger partial charge in [-0.1, -0.05) is 6.07 Å². The molecule has 1 unspecified atom stereocenters. The number of hydrogen-bond donors (Lipinski definition) is 1. The summed E-state index contributed by atoms with van der Waals surface area (Å²) in [4.78, 5) is 12.8. The number of anilines is 2. The lowest BCUT2D eigenvalue weighted by Gasteiger charge is -2.35. The zero-order valence-corrected chi connectivity index (χ0v) is 9.93. The van der Waals surface area contributed by atoms with Crippen molar-refractivity contribution in [3.63, 3.8) is 0 Å². The fourth-order valence-corrected chi connectivity index (χ4v) is 2.44. The molecule has 1 aliphatic rings. The van der Waals surface area contributed by atoms with Gasteiger partial charge in [0.2, 0.25) is 0 Å². The highest BCUT2D eigenvalue weighted by atomic mass is 16.6. The molecule has 17 heavy (non-hydrogen) atoms. The highest BCUT2D eigenvalue weighted by molar-refractivity contribution is 5.75. The predicted octanol–water partition coefficient (Wildman–Crippen LogP) is 2.56. The molecule has 1 aromatic carbocycles. The van der Waals surface area contributed by atoms with Crippen molar-refractivity contribution in [2.24, 2.45) is 0 Å². The van der Waals surface area contributed by atoms with E-state index in [-0.39, 0.29) is 16.3 Å². The Kier molecular flexibility index (Phi) is 3.17. The minimum absolute atomic E-state index is 0.0428. The van der Waals surface area contributed by atoms with E-state index in [2.05, 4.69) is 11.8 Å². The maximum Gasteiger partial charge on any atom is 0.315 e. The topological polar surface area (TPSA) is 72.4 Å². The SMILES string of the molecule is CC1CCCCN1c1cccc(N)c1[N+](=O)[O-]. The third kappa shape index (κ3) is 2.18. The molecule has 1 atom stereocenters. The molecule has 1 aliphatic heterocycles. The van der Waals surface area contributed by atoms with Crippen molar-refractivity contribution in [2.45, 2.75) is 32.2 Å². The molecule has 2 rings (SSSR count). The normalized spacial score (nSPS) is 20.3. The van der Waals surface area contributed by atoms with Crippen LogP contribution >= 0.6 is 0 Å². The van der Waals surface area contributed by atoms with E-state index in [4.69, 9.17) is 5.73 Å². The first-order valence-corrected chi connectivity index (χ1v) is 5.91. The van der Waals surface area contributed by atoms with Crippen molar-refractivity contribution in [3.05, 3.63) is 28.3 Å². The molecule has 0 spiro atoms. The molecule has 5 nitrogen and oxygen atoms in total. The minimum Gasteiger partial charge on any atom is -0.393 e. The van der Waals surface area contributed by atoms with Gasteiger partial charge in [0.15, 0.2) is 0 Å². The first-order chi connectivity index (χ1) is 8.11. The number of nitrogens with zero attached hydrogens (tertiary/aromatic N) is 2. The van der Waals surface area contributed by atoms with Crippen LogP contribution in [0.15, 0.2) is 18.2 Å². The van der Waals surface area contributed by atoms with Gasteiger partial charge in [0, 0.05) is 12.6 Å². The maximum atomic E-state index is 11.1. The lowest BCUT2D eigenvalue weighted by atomic mass is 10.0. The monoisotopic (exact) mass is 235 g/mol. The average Bonchev–Trinajstić information content (AvgIpc) is 2.28. The van der Waals surface area contributed by atoms with E-state index >= 15 is 0 Å². The molecule has 0 saturated carbocycles. The van der Waals surface area contributed by atoms with E-state index in [1.807, 2.05) is 0 Å². The van der Waals surface area contributed by atoms with Crippen molar-refractivity contribution in [2.75, 3.05) is 17.2 Å². The van der Waals surface area contributed by atoms with Gasteiger partial charge in [-0.2, -0.15) is 0 Å². The molecule has 0 radical (unpaired) electrons. The summed E-state index contributed by atoms with van der Waals surface area (Å²) < 4.78 is 0. The number of benzene rings is 1. The van der Waals surface area contributed by atoms with Gasteiger partial charge in [0.25, 0.3) is 0 Å². The number of para-hydroxylation sites is 1. The fraction of sp³-hybridized carbons (Fsp3) is 0.500. The van der Waals surface area contributed by atoms with Gasteiger partial charge in [-0.15, -0.1) is 0 Å². The van der Waals surface area contributed by atoms with E-state index in [0.29, 0.717) is 11.7 Å². The fourth-order valence-electron chi connectivity index (χ4n) is 2.44. The number of piperidine rings is 1. The first-order valence-electron chi connectivity index (χ1n) is 5.91. The molecule has 1 aromatic rings. The molecule has 0 aliphatic carbocycles. The maximum absolute atomic E-state index is 11.1. The van der Waals surface area contributed by atoms with E-state index in [1.54, 1.807) is 18.2 Å². The minimum atomic E-state index is -0.383. The third-order valence-electron chi connectivity index (χ3n) is 3.34. The summed E-state index contributed by atoms with van der Waals surface area (Å²) in [5.74, 6) is 0. The zero-order valence-electron chi connectivity index (χ0n) is 9.93. The van der Waals surface area contributed by atoms with Gasteiger partial charge in [0.1, 0.15) is 11.4 Å². The van der Waals surface area contributed by atoms with E-state index in [9.17, 15) is 10.1 Å². The second kappa shape index (κ2) is 4.61. The molecule has 5 heteroatoms. The second-order valence-corrected chi connectivity index (χ2v) is 4.51. The summed E-state index contributed by atoms with van der Waals surface area (Å²) in [6, 6.07) is 5.48. The van der Waals surface area contributed by atoms with E-state index < -0.39 is 0 Å². The Labute approximate surface area is 100 Å². The van der Waals surface area contributed by atoms with Crippen LogP contribution < -0.4 is 10.6 Å². The largest absolute Gasteiger partial charge is 0.393 e. The standard InChI is InChI=1S/C12H17N3O2/c1-9-5-2-3-8-14(9)11-7-4-6-10(13)12(11)15(16)17/h4,6-7,9H,2-3,5,8,13H2,1H3. The second-order valence-electron chi connectivity index (χ2n) is 4.51. The van der Waals surface area contributed by atoms with Crippen LogP contribution in [0, 0.1) is 10.1 Å².